The molecule has 0 heterocycles. The van der Waals surface area contributed by atoms with Gasteiger partial charge in [-0.2, -0.15) is 0 Å². The molecule has 4 aliphatic carbocycles. The van der Waals surface area contributed by atoms with Crippen molar-refractivity contribution in [3.8, 4) is 0 Å². The SMILES string of the molecule is C[C@]12CCC(O)CC1CC[C@@H]1[C@H]2CC[C@]2(C)C(=O)C(I)C[C@@H]12. The Morgan fingerprint density at radius 3 is 2.59 bits per heavy atom. The zero-order chi connectivity index (χ0) is 15.7. The molecule has 0 aromatic rings. The number of hydrogen-bond acceptors (Lipinski definition) is 2. The topological polar surface area (TPSA) is 37.3 Å². The van der Waals surface area contributed by atoms with E-state index in [4.69, 9.17) is 0 Å². The molecule has 0 spiro atoms. The van der Waals surface area contributed by atoms with Crippen LogP contribution in [0.2, 0.25) is 0 Å². The van der Waals surface area contributed by atoms with E-state index < -0.39 is 0 Å². The van der Waals surface area contributed by atoms with Crippen LogP contribution in [-0.2, 0) is 4.79 Å². The summed E-state index contributed by atoms with van der Waals surface area (Å²) in [4.78, 5) is 12.7. The van der Waals surface area contributed by atoms with Gasteiger partial charge < -0.3 is 5.11 Å². The highest BCUT2D eigenvalue weighted by Gasteiger charge is 2.61. The number of aliphatic hydroxyl groups is 1. The van der Waals surface area contributed by atoms with Crippen molar-refractivity contribution < 1.29 is 9.90 Å². The second kappa shape index (κ2) is 5.18. The fourth-order valence-corrected chi connectivity index (χ4v) is 8.24. The molecule has 0 bridgehead atoms. The van der Waals surface area contributed by atoms with Crippen molar-refractivity contribution in [1.29, 1.82) is 0 Å². The minimum absolute atomic E-state index is 0.0234. The molecule has 0 amide bonds. The lowest BCUT2D eigenvalue weighted by Crippen LogP contribution is -2.54. The summed E-state index contributed by atoms with van der Waals surface area (Å²) in [6, 6.07) is 0. The van der Waals surface area contributed by atoms with Crippen LogP contribution in [0.3, 0.4) is 0 Å². The fourth-order valence-electron chi connectivity index (χ4n) is 6.98. The molecule has 4 fully saturated rings. The van der Waals surface area contributed by atoms with Gasteiger partial charge in [-0.15, -0.1) is 0 Å². The van der Waals surface area contributed by atoms with Gasteiger partial charge in [0.05, 0.1) is 10.0 Å². The summed E-state index contributed by atoms with van der Waals surface area (Å²) in [7, 11) is 0. The molecule has 0 saturated heterocycles. The van der Waals surface area contributed by atoms with E-state index in [-0.39, 0.29) is 15.4 Å². The summed E-state index contributed by atoms with van der Waals surface area (Å²) >= 11 is 2.40. The molecule has 4 saturated carbocycles. The van der Waals surface area contributed by atoms with Crippen LogP contribution in [0, 0.1) is 34.5 Å². The van der Waals surface area contributed by atoms with Crippen LogP contribution < -0.4 is 0 Å². The van der Waals surface area contributed by atoms with E-state index in [1.165, 1.54) is 25.7 Å². The molecular formula is C19H29IO2. The Balaban J connectivity index is 1.64. The van der Waals surface area contributed by atoms with Gasteiger partial charge >= 0.3 is 0 Å². The highest BCUT2D eigenvalue weighted by Crippen LogP contribution is 2.65. The van der Waals surface area contributed by atoms with E-state index in [2.05, 4.69) is 36.4 Å². The maximum Gasteiger partial charge on any atom is 0.151 e. The van der Waals surface area contributed by atoms with Crippen molar-refractivity contribution in [3.63, 3.8) is 0 Å². The Morgan fingerprint density at radius 2 is 1.82 bits per heavy atom. The summed E-state index contributed by atoms with van der Waals surface area (Å²) in [6.45, 7) is 4.79. The highest BCUT2D eigenvalue weighted by molar-refractivity contribution is 14.1. The molecule has 22 heavy (non-hydrogen) atoms. The molecule has 0 aromatic heterocycles. The maximum atomic E-state index is 12.7. The summed E-state index contributed by atoms with van der Waals surface area (Å²) in [6.07, 6.45) is 9.22. The first-order valence-corrected chi connectivity index (χ1v) is 10.5. The van der Waals surface area contributed by atoms with E-state index in [0.717, 1.165) is 37.5 Å². The number of rotatable bonds is 0. The minimum atomic E-state index is -0.0599. The number of alkyl halides is 1. The first kappa shape index (κ1) is 15.9. The third-order valence-corrected chi connectivity index (χ3v) is 9.41. The van der Waals surface area contributed by atoms with Gasteiger partial charge in [-0.25, -0.2) is 0 Å². The summed E-state index contributed by atoms with van der Waals surface area (Å²) in [5.74, 6) is 3.45. The fraction of sp³-hybridized carbons (Fsp3) is 0.947. The average molecular weight is 416 g/mol. The van der Waals surface area contributed by atoms with Gasteiger partial charge in [0.15, 0.2) is 5.78 Å². The zero-order valence-corrected chi connectivity index (χ0v) is 16.0. The second-order valence-electron chi connectivity index (χ2n) is 9.11. The summed E-state index contributed by atoms with van der Waals surface area (Å²) in [5, 5.41) is 10.1. The van der Waals surface area contributed by atoms with E-state index in [0.29, 0.717) is 23.0 Å². The predicted octanol–water partition coefficient (Wildman–Crippen LogP) is 4.37. The minimum Gasteiger partial charge on any atom is -0.393 e. The quantitative estimate of drug-likeness (QED) is 0.470. The zero-order valence-electron chi connectivity index (χ0n) is 13.9. The second-order valence-corrected chi connectivity index (χ2v) is 10.6. The first-order chi connectivity index (χ1) is 10.4. The molecule has 124 valence electrons. The molecule has 0 aromatic carbocycles. The molecule has 2 nitrogen and oxygen atoms in total. The van der Waals surface area contributed by atoms with Crippen molar-refractivity contribution in [2.45, 2.75) is 75.2 Å². The van der Waals surface area contributed by atoms with Crippen molar-refractivity contribution in [2.24, 2.45) is 34.5 Å². The van der Waals surface area contributed by atoms with Crippen LogP contribution in [0.4, 0.5) is 0 Å². The normalized spacial score (nSPS) is 57.9. The van der Waals surface area contributed by atoms with E-state index in [9.17, 15) is 9.90 Å². The maximum absolute atomic E-state index is 12.7. The van der Waals surface area contributed by atoms with Crippen molar-refractivity contribution in [1.82, 2.24) is 0 Å². The number of carbonyl (C=O) groups excluding carboxylic acids is 1. The Labute approximate surface area is 148 Å². The largest absolute Gasteiger partial charge is 0.393 e. The lowest BCUT2D eigenvalue weighted by atomic mass is 9.45. The van der Waals surface area contributed by atoms with Crippen LogP contribution in [0.1, 0.15) is 65.2 Å². The van der Waals surface area contributed by atoms with Gasteiger partial charge in [0, 0.05) is 5.41 Å². The molecule has 0 aliphatic heterocycles. The van der Waals surface area contributed by atoms with Crippen LogP contribution in [-0.4, -0.2) is 20.9 Å². The average Bonchev–Trinajstić information content (AvgIpc) is 2.72. The van der Waals surface area contributed by atoms with Crippen LogP contribution in [0.15, 0.2) is 0 Å². The van der Waals surface area contributed by atoms with Gasteiger partial charge in [-0.05, 0) is 80.5 Å². The lowest BCUT2D eigenvalue weighted by Gasteiger charge is -2.60. The number of fused-ring (bicyclic) bond motifs is 5. The molecule has 4 rings (SSSR count). The van der Waals surface area contributed by atoms with Crippen molar-refractivity contribution >= 4 is 28.4 Å². The van der Waals surface area contributed by atoms with E-state index >= 15 is 0 Å². The van der Waals surface area contributed by atoms with Gasteiger partial charge in [0.1, 0.15) is 0 Å². The Bertz CT molecular complexity index is 492. The molecule has 3 heteroatoms. The number of Topliss-reactive ketones (excluding diaryl/α,β-unsaturated/α-hetero) is 1. The third kappa shape index (κ3) is 2.03. The number of aliphatic hydroxyl groups excluding tert-OH is 1. The third-order valence-electron chi connectivity index (χ3n) is 8.34. The summed E-state index contributed by atoms with van der Waals surface area (Å²) in [5.41, 5.74) is 0.403. The molecule has 0 radical (unpaired) electrons. The van der Waals surface area contributed by atoms with Gasteiger partial charge in [0.2, 0.25) is 0 Å². The van der Waals surface area contributed by atoms with Gasteiger partial charge in [-0.3, -0.25) is 4.79 Å². The number of carbonyl (C=O) groups is 1. The van der Waals surface area contributed by atoms with Crippen LogP contribution in [0.5, 0.6) is 0 Å². The molecule has 3 unspecified atom stereocenters. The first-order valence-electron chi connectivity index (χ1n) is 9.23. The van der Waals surface area contributed by atoms with Crippen LogP contribution in [0.25, 0.3) is 0 Å². The molecular weight excluding hydrogens is 387 g/mol. The monoisotopic (exact) mass is 416 g/mol. The van der Waals surface area contributed by atoms with Crippen molar-refractivity contribution in [2.75, 3.05) is 0 Å². The molecule has 4 aliphatic rings. The number of ketones is 1. The Hall–Kier alpha value is 0.360. The van der Waals surface area contributed by atoms with Gasteiger partial charge in [0.25, 0.3) is 0 Å². The summed E-state index contributed by atoms with van der Waals surface area (Å²) < 4.78 is 0.255. The van der Waals surface area contributed by atoms with Crippen molar-refractivity contribution in [3.05, 3.63) is 0 Å². The lowest BCUT2D eigenvalue weighted by molar-refractivity contribution is -0.142. The molecule has 8 atom stereocenters. The van der Waals surface area contributed by atoms with Crippen LogP contribution >= 0.6 is 22.6 Å². The number of halogens is 1. The smallest absolute Gasteiger partial charge is 0.151 e. The molecule has 1 N–H and O–H groups in total. The number of hydrogen-bond donors (Lipinski definition) is 1. The van der Waals surface area contributed by atoms with E-state index in [1.54, 1.807) is 0 Å². The Kier molecular flexibility index (Phi) is 3.73. The van der Waals surface area contributed by atoms with Gasteiger partial charge in [-0.1, -0.05) is 36.4 Å². The highest BCUT2D eigenvalue weighted by atomic mass is 127. The van der Waals surface area contributed by atoms with E-state index in [1.807, 2.05) is 0 Å². The standard InChI is InChI=1S/C19H29IO2/c1-18-7-5-12(21)9-11(18)3-4-13-14(18)6-8-19(2)15(13)10-16(20)17(19)22/h11-16,21H,3-10H2,1-2H3/t11?,12?,13-,14-,15+,16?,18+,19+/m1/s1. The predicted molar refractivity (Wildman–Crippen MR) is 95.9 cm³/mol. The Morgan fingerprint density at radius 1 is 1.05 bits per heavy atom.